The molecule has 1 aromatic rings. The first-order chi connectivity index (χ1) is 8.76. The molecule has 0 unspecified atom stereocenters. The Balaban J connectivity index is 2.34. The number of nitrogens with one attached hydrogen (secondary N) is 1. The lowest BCUT2D eigenvalue weighted by atomic mass is 9.51. The Labute approximate surface area is 120 Å². The maximum atomic E-state index is 14.2. The van der Waals surface area contributed by atoms with Crippen LogP contribution in [0.3, 0.4) is 0 Å². The van der Waals surface area contributed by atoms with Gasteiger partial charge in [-0.1, -0.05) is 45.4 Å². The highest BCUT2D eigenvalue weighted by Gasteiger charge is 2.51. The number of rotatable bonds is 4. The Bertz CT molecular complexity index is 440. The normalized spacial score (nSPS) is 20.4. The quantitative estimate of drug-likeness (QED) is 0.856. The Morgan fingerprint density at radius 2 is 1.95 bits per heavy atom. The fourth-order valence-electron chi connectivity index (χ4n) is 3.57. The van der Waals surface area contributed by atoms with Crippen LogP contribution in [0.2, 0.25) is 5.02 Å². The van der Waals surface area contributed by atoms with Crippen LogP contribution in [0, 0.1) is 11.2 Å². The van der Waals surface area contributed by atoms with Crippen LogP contribution >= 0.6 is 11.6 Å². The second-order valence-corrected chi connectivity index (χ2v) is 7.34. The highest BCUT2D eigenvalue weighted by molar-refractivity contribution is 6.31. The van der Waals surface area contributed by atoms with Crippen molar-refractivity contribution in [2.24, 2.45) is 5.41 Å². The number of benzene rings is 1. The summed E-state index contributed by atoms with van der Waals surface area (Å²) in [7, 11) is 0. The van der Waals surface area contributed by atoms with Gasteiger partial charge in [0.05, 0.1) is 0 Å². The van der Waals surface area contributed by atoms with Gasteiger partial charge in [0.15, 0.2) is 0 Å². The molecule has 0 amide bonds. The van der Waals surface area contributed by atoms with E-state index in [9.17, 15) is 4.39 Å². The molecule has 0 atom stereocenters. The molecule has 2 rings (SSSR count). The molecule has 1 nitrogen and oxygen atoms in total. The smallest absolute Gasteiger partial charge is 0.128 e. The second-order valence-electron chi connectivity index (χ2n) is 6.93. The van der Waals surface area contributed by atoms with Gasteiger partial charge in [0, 0.05) is 28.6 Å². The van der Waals surface area contributed by atoms with Crippen LogP contribution in [0.1, 0.15) is 46.1 Å². The standard InChI is InChI=1S/C16H23ClFN/c1-11(2)19-10-16(8-15(3,4)9-16)14-12(17)6-5-7-13(14)18/h5-7,11,19H,8-10H2,1-4H3. The molecular weight excluding hydrogens is 261 g/mol. The zero-order valence-corrected chi connectivity index (χ0v) is 12.9. The summed E-state index contributed by atoms with van der Waals surface area (Å²) in [6.45, 7) is 9.47. The van der Waals surface area contributed by atoms with Gasteiger partial charge in [0.25, 0.3) is 0 Å². The monoisotopic (exact) mass is 283 g/mol. The lowest BCUT2D eigenvalue weighted by molar-refractivity contribution is 0.0521. The molecule has 0 aliphatic heterocycles. The van der Waals surface area contributed by atoms with Crippen molar-refractivity contribution in [3.8, 4) is 0 Å². The molecule has 19 heavy (non-hydrogen) atoms. The summed E-state index contributed by atoms with van der Waals surface area (Å²) in [4.78, 5) is 0. The third kappa shape index (κ3) is 2.95. The molecule has 1 aliphatic rings. The predicted molar refractivity (Wildman–Crippen MR) is 79.2 cm³/mol. The van der Waals surface area contributed by atoms with Gasteiger partial charge in [-0.3, -0.25) is 0 Å². The van der Waals surface area contributed by atoms with Crippen molar-refractivity contribution < 1.29 is 4.39 Å². The predicted octanol–water partition coefficient (Wildman–Crippen LogP) is 4.53. The van der Waals surface area contributed by atoms with E-state index in [1.807, 2.05) is 0 Å². The van der Waals surface area contributed by atoms with Gasteiger partial charge in [0.1, 0.15) is 5.82 Å². The van der Waals surface area contributed by atoms with Crippen LogP contribution in [0.4, 0.5) is 4.39 Å². The number of hydrogen-bond donors (Lipinski definition) is 1. The maximum Gasteiger partial charge on any atom is 0.128 e. The van der Waals surface area contributed by atoms with Crippen LogP contribution in [-0.4, -0.2) is 12.6 Å². The molecule has 3 heteroatoms. The van der Waals surface area contributed by atoms with Crippen molar-refractivity contribution in [2.45, 2.75) is 52.0 Å². The van der Waals surface area contributed by atoms with E-state index in [0.717, 1.165) is 19.4 Å². The van der Waals surface area contributed by atoms with Gasteiger partial charge in [-0.25, -0.2) is 4.39 Å². The van der Waals surface area contributed by atoms with Crippen molar-refractivity contribution in [3.63, 3.8) is 0 Å². The van der Waals surface area contributed by atoms with Gasteiger partial charge in [-0.2, -0.15) is 0 Å². The summed E-state index contributed by atoms with van der Waals surface area (Å²) in [5.74, 6) is -0.173. The van der Waals surface area contributed by atoms with Gasteiger partial charge >= 0.3 is 0 Å². The number of hydrogen-bond acceptors (Lipinski definition) is 1. The van der Waals surface area contributed by atoms with Crippen LogP contribution < -0.4 is 5.32 Å². The molecule has 0 spiro atoms. The van der Waals surface area contributed by atoms with Crippen LogP contribution in [0.15, 0.2) is 18.2 Å². The molecule has 0 saturated heterocycles. The Morgan fingerprint density at radius 3 is 2.42 bits per heavy atom. The maximum absolute atomic E-state index is 14.2. The van der Waals surface area contributed by atoms with Crippen LogP contribution in [0.5, 0.6) is 0 Å². The minimum atomic E-state index is -0.173. The fraction of sp³-hybridized carbons (Fsp3) is 0.625. The summed E-state index contributed by atoms with van der Waals surface area (Å²) in [5, 5.41) is 4.01. The number of halogens is 2. The Morgan fingerprint density at radius 1 is 1.32 bits per heavy atom. The summed E-state index contributed by atoms with van der Waals surface area (Å²) in [6, 6.07) is 5.38. The lowest BCUT2D eigenvalue weighted by Gasteiger charge is -2.54. The molecule has 1 N–H and O–H groups in total. The summed E-state index contributed by atoms with van der Waals surface area (Å²) in [5.41, 5.74) is 0.810. The second kappa shape index (κ2) is 5.06. The zero-order chi connectivity index (χ0) is 14.3. The summed E-state index contributed by atoms with van der Waals surface area (Å²) >= 11 is 6.27. The molecule has 1 fully saturated rings. The Hall–Kier alpha value is -0.600. The molecule has 0 bridgehead atoms. The molecule has 1 saturated carbocycles. The van der Waals surface area contributed by atoms with E-state index in [0.29, 0.717) is 16.6 Å². The first-order valence-electron chi connectivity index (χ1n) is 6.94. The van der Waals surface area contributed by atoms with E-state index >= 15 is 0 Å². The van der Waals surface area contributed by atoms with Crippen molar-refractivity contribution in [1.29, 1.82) is 0 Å². The van der Waals surface area contributed by atoms with E-state index in [1.165, 1.54) is 6.07 Å². The topological polar surface area (TPSA) is 12.0 Å². The van der Waals surface area contributed by atoms with E-state index in [2.05, 4.69) is 33.0 Å². The van der Waals surface area contributed by atoms with Crippen molar-refractivity contribution in [1.82, 2.24) is 5.32 Å². The van der Waals surface area contributed by atoms with E-state index in [-0.39, 0.29) is 16.6 Å². The average molecular weight is 284 g/mol. The van der Waals surface area contributed by atoms with E-state index in [4.69, 9.17) is 11.6 Å². The van der Waals surface area contributed by atoms with Crippen LogP contribution in [0.25, 0.3) is 0 Å². The van der Waals surface area contributed by atoms with Gasteiger partial charge in [0.2, 0.25) is 0 Å². The first kappa shape index (κ1) is 14.8. The molecule has 1 aromatic carbocycles. The zero-order valence-electron chi connectivity index (χ0n) is 12.2. The van der Waals surface area contributed by atoms with E-state index in [1.54, 1.807) is 12.1 Å². The molecule has 1 aliphatic carbocycles. The van der Waals surface area contributed by atoms with Crippen LogP contribution in [-0.2, 0) is 5.41 Å². The van der Waals surface area contributed by atoms with Gasteiger partial charge < -0.3 is 5.32 Å². The molecular formula is C16H23ClFN. The highest BCUT2D eigenvalue weighted by Crippen LogP contribution is 2.56. The minimum Gasteiger partial charge on any atom is -0.314 e. The average Bonchev–Trinajstić information content (AvgIpc) is 2.23. The summed E-state index contributed by atoms with van der Waals surface area (Å²) in [6.07, 6.45) is 1.95. The van der Waals surface area contributed by atoms with Crippen molar-refractivity contribution in [2.75, 3.05) is 6.54 Å². The van der Waals surface area contributed by atoms with E-state index < -0.39 is 0 Å². The molecule has 106 valence electrons. The lowest BCUT2D eigenvalue weighted by Crippen LogP contribution is -2.54. The molecule has 0 aromatic heterocycles. The largest absolute Gasteiger partial charge is 0.314 e. The summed E-state index contributed by atoms with van der Waals surface area (Å²) < 4.78 is 14.2. The van der Waals surface area contributed by atoms with Crippen molar-refractivity contribution in [3.05, 3.63) is 34.6 Å². The van der Waals surface area contributed by atoms with Gasteiger partial charge in [-0.15, -0.1) is 0 Å². The third-order valence-electron chi connectivity index (χ3n) is 3.98. The highest BCUT2D eigenvalue weighted by atomic mass is 35.5. The third-order valence-corrected chi connectivity index (χ3v) is 4.29. The Kier molecular flexibility index (Phi) is 3.95. The molecule has 0 radical (unpaired) electrons. The fourth-order valence-corrected chi connectivity index (χ4v) is 3.94. The van der Waals surface area contributed by atoms with Crippen molar-refractivity contribution >= 4 is 11.6 Å². The minimum absolute atomic E-state index is 0.157. The SMILES string of the molecule is CC(C)NCC1(c2c(F)cccc2Cl)CC(C)(C)C1. The first-order valence-corrected chi connectivity index (χ1v) is 7.31. The van der Waals surface area contributed by atoms with Gasteiger partial charge in [-0.05, 0) is 30.4 Å². The molecule has 0 heterocycles.